The first kappa shape index (κ1) is 54.6. The maximum absolute atomic E-state index is 16.0. The highest BCUT2D eigenvalue weighted by Crippen LogP contribution is 2.59. The smallest absolute Gasteiger partial charge is 0.348 e. The summed E-state index contributed by atoms with van der Waals surface area (Å²) in [6.07, 6.45) is 5.01. The normalized spacial score (nSPS) is 26.8. The number of nitrogens with zero attached hydrogens (tertiary/aromatic N) is 2. The van der Waals surface area contributed by atoms with E-state index in [-0.39, 0.29) is 38.8 Å². The number of hydrogen-bond donors (Lipinski definition) is 2. The average Bonchev–Trinajstić information content (AvgIpc) is 3.98. The molecular weight excluding hydrogens is 927 g/mol. The Bertz CT molecular complexity index is 2290. The molecule has 7 rings (SSSR count). The minimum Gasteiger partial charge on any atom is -0.462 e. The van der Waals surface area contributed by atoms with Gasteiger partial charge in [-0.05, 0) is 62.8 Å². The van der Waals surface area contributed by atoms with Gasteiger partial charge in [0.15, 0.2) is 11.8 Å². The Hall–Kier alpha value is -5.20. The van der Waals surface area contributed by atoms with E-state index < -0.39 is 113 Å². The molecule has 2 aromatic carbocycles. The summed E-state index contributed by atoms with van der Waals surface area (Å²) in [5.41, 5.74) is -1.11. The number of aliphatic hydroxyl groups is 1. The molecule has 5 aliphatic rings. The fourth-order valence-corrected chi connectivity index (χ4v) is 10.8. The van der Waals surface area contributed by atoms with Gasteiger partial charge >= 0.3 is 23.9 Å². The first-order chi connectivity index (χ1) is 34.2. The lowest BCUT2D eigenvalue weighted by molar-refractivity contribution is -0.225. The van der Waals surface area contributed by atoms with Crippen LogP contribution in [0.1, 0.15) is 136 Å². The fraction of sp³-hybridized carbons (Fsp3) is 0.636. The molecule has 17 nitrogen and oxygen atoms in total. The van der Waals surface area contributed by atoms with E-state index in [0.717, 1.165) is 44.1 Å². The number of benzene rings is 2. The third-order valence-corrected chi connectivity index (χ3v) is 14.5. The maximum atomic E-state index is 16.0. The monoisotopic (exact) mass is 1000 g/mol. The molecule has 4 heterocycles. The predicted molar refractivity (Wildman–Crippen MR) is 263 cm³/mol. The fourth-order valence-electron chi connectivity index (χ4n) is 10.8. The van der Waals surface area contributed by atoms with Gasteiger partial charge in [0.05, 0.1) is 19.2 Å². The number of likely N-dealkylation sites (N-methyl/N-ethyl adjacent to an activating group) is 1. The van der Waals surface area contributed by atoms with Gasteiger partial charge in [0.2, 0.25) is 17.9 Å². The van der Waals surface area contributed by atoms with Crippen molar-refractivity contribution in [2.45, 2.75) is 192 Å². The van der Waals surface area contributed by atoms with Crippen LogP contribution in [0, 0.1) is 10.8 Å². The number of hydrogen-bond acceptors (Lipinski definition) is 15. The van der Waals surface area contributed by atoms with Crippen molar-refractivity contribution in [2.24, 2.45) is 10.8 Å². The van der Waals surface area contributed by atoms with Gasteiger partial charge in [-0.3, -0.25) is 24.0 Å². The van der Waals surface area contributed by atoms with E-state index >= 15 is 4.79 Å². The molecule has 394 valence electrons. The van der Waals surface area contributed by atoms with Crippen molar-refractivity contribution in [3.63, 3.8) is 0 Å². The summed E-state index contributed by atoms with van der Waals surface area (Å²) in [5.74, 6) is -4.65. The van der Waals surface area contributed by atoms with Crippen LogP contribution in [0.3, 0.4) is 0 Å². The zero-order valence-corrected chi connectivity index (χ0v) is 43.2. The van der Waals surface area contributed by atoms with Gasteiger partial charge in [0.25, 0.3) is 0 Å². The number of ether oxygens (including phenoxy) is 6. The Kier molecular flexibility index (Phi) is 17.4. The first-order valence-corrected chi connectivity index (χ1v) is 25.8. The molecule has 2 aromatic rings. The van der Waals surface area contributed by atoms with Gasteiger partial charge in [-0.2, -0.15) is 5.06 Å². The minimum atomic E-state index is -1.65. The largest absolute Gasteiger partial charge is 0.462 e. The van der Waals surface area contributed by atoms with Gasteiger partial charge in [-0.1, -0.05) is 108 Å². The number of fused-ring (bicyclic) bond motifs is 4. The van der Waals surface area contributed by atoms with Crippen LogP contribution in [0.4, 0.5) is 0 Å². The second kappa shape index (κ2) is 22.9. The van der Waals surface area contributed by atoms with Gasteiger partial charge < -0.3 is 43.7 Å². The van der Waals surface area contributed by atoms with Gasteiger partial charge in [-0.15, -0.1) is 0 Å². The highest BCUT2D eigenvalue weighted by Gasteiger charge is 2.77. The predicted octanol–water partition coefficient (Wildman–Crippen LogP) is 6.30. The molecule has 4 aliphatic heterocycles. The van der Waals surface area contributed by atoms with Gasteiger partial charge in [0, 0.05) is 50.6 Å². The molecule has 0 unspecified atom stereocenters. The Balaban J connectivity index is 1.24. The summed E-state index contributed by atoms with van der Waals surface area (Å²) < 4.78 is 36.6. The zero-order chi connectivity index (χ0) is 52.0. The molecular formula is C55H75N3O14. The van der Waals surface area contributed by atoms with E-state index in [2.05, 4.69) is 19.2 Å². The molecule has 5 fully saturated rings. The van der Waals surface area contributed by atoms with Crippen LogP contribution >= 0.6 is 0 Å². The van der Waals surface area contributed by atoms with E-state index in [1.807, 2.05) is 36.4 Å². The van der Waals surface area contributed by atoms with Crippen LogP contribution in [0.25, 0.3) is 6.08 Å². The molecule has 72 heavy (non-hydrogen) atoms. The molecule has 1 aliphatic carbocycles. The standard InChI is InChI=1S/C55H75N3O14/c1-9-11-18-28-54(29-19-12-10-2)70-43-40-31-55(51(65)57(8)39(30-35-20-14-13-15-21-35)48(62)56-38(33-59)25-27-42(61)69-52(3,4)5)45(49(63)67-40)58(72-46(55)44(43)71-54)32-37-23-17-16-22-36(37)24-26-41(60)68-47-50(64)66-34-53(47,6)7/h13-17,20-24,26,38-40,43-47,59H,9-12,18-19,25,27-34H2,1-8H3,(H,56,62)/t38-,39+,40+,43-,44-,45+,46+,47-,55+/m0/s1. The Morgan fingerprint density at radius 2 is 1.60 bits per heavy atom. The number of aliphatic hydroxyl groups excluding tert-OH is 1. The van der Waals surface area contributed by atoms with E-state index in [9.17, 15) is 29.1 Å². The number of carbonyl (C=O) groups excluding carboxylic acids is 6. The van der Waals surface area contributed by atoms with Crippen molar-refractivity contribution in [3.05, 3.63) is 77.4 Å². The number of nitrogens with one attached hydrogen (secondary N) is 1. The minimum absolute atomic E-state index is 0.0143. The van der Waals surface area contributed by atoms with Crippen LogP contribution < -0.4 is 5.32 Å². The first-order valence-electron chi connectivity index (χ1n) is 25.8. The number of esters is 4. The second-order valence-corrected chi connectivity index (χ2v) is 21.8. The van der Waals surface area contributed by atoms with Crippen molar-refractivity contribution >= 4 is 41.8 Å². The van der Waals surface area contributed by atoms with Gasteiger partial charge in [-0.25, -0.2) is 9.59 Å². The SMILES string of the molecule is CCCCCC1(CCCCC)O[C@@H]2[C@H](O1)[C@H]1ON(Cc3ccccc3C=CC(=O)O[C@H]3C(=O)OCC3(C)C)[C@@H]3C(=O)O[C@@H]2C[C@]13C(=O)N(C)[C@H](Cc1ccccc1)C(=O)N[C@H](CO)CCC(=O)OC(C)(C)C. The number of rotatable bonds is 23. The van der Waals surface area contributed by atoms with Crippen molar-refractivity contribution in [2.75, 3.05) is 20.3 Å². The Morgan fingerprint density at radius 3 is 2.24 bits per heavy atom. The maximum Gasteiger partial charge on any atom is 0.348 e. The number of hydroxylamine groups is 2. The highest BCUT2D eigenvalue weighted by atomic mass is 16.8. The Labute approximate surface area is 423 Å². The quantitative estimate of drug-likeness (QED) is 0.0542. The molecule has 2 bridgehead atoms. The number of unbranched alkanes of at least 4 members (excludes halogenated alkanes) is 4. The summed E-state index contributed by atoms with van der Waals surface area (Å²) in [7, 11) is 1.54. The second-order valence-electron chi connectivity index (χ2n) is 21.8. The van der Waals surface area contributed by atoms with E-state index in [1.54, 1.807) is 65.9 Å². The lowest BCUT2D eigenvalue weighted by Crippen LogP contribution is -2.70. The molecule has 0 spiro atoms. The van der Waals surface area contributed by atoms with E-state index in [4.69, 9.17) is 33.3 Å². The highest BCUT2D eigenvalue weighted by molar-refractivity contribution is 5.96. The molecule has 0 aromatic heterocycles. The van der Waals surface area contributed by atoms with Crippen molar-refractivity contribution in [1.29, 1.82) is 0 Å². The zero-order valence-electron chi connectivity index (χ0n) is 43.2. The third kappa shape index (κ3) is 12.1. The van der Waals surface area contributed by atoms with E-state index in [1.165, 1.54) is 16.0 Å². The van der Waals surface area contributed by atoms with Crippen LogP contribution in [0.2, 0.25) is 0 Å². The lowest BCUT2D eigenvalue weighted by Gasteiger charge is -2.50. The van der Waals surface area contributed by atoms with Crippen LogP contribution in [0.5, 0.6) is 0 Å². The third-order valence-electron chi connectivity index (χ3n) is 14.5. The van der Waals surface area contributed by atoms with Crippen LogP contribution in [0.15, 0.2) is 60.7 Å². The number of amides is 2. The summed E-state index contributed by atoms with van der Waals surface area (Å²) in [5, 5.41) is 14.8. The van der Waals surface area contributed by atoms with Crippen molar-refractivity contribution in [3.8, 4) is 0 Å². The molecule has 17 heteroatoms. The van der Waals surface area contributed by atoms with Crippen molar-refractivity contribution < 1.29 is 67.1 Å². The van der Waals surface area contributed by atoms with Crippen LogP contribution in [-0.4, -0.2) is 131 Å². The van der Waals surface area contributed by atoms with Gasteiger partial charge in [0.1, 0.15) is 48.1 Å². The summed E-state index contributed by atoms with van der Waals surface area (Å²) in [6, 6.07) is 13.1. The van der Waals surface area contributed by atoms with Crippen molar-refractivity contribution in [1.82, 2.24) is 15.3 Å². The number of cyclic esters (lactones) is 1. The Morgan fingerprint density at radius 1 is 0.931 bits per heavy atom. The summed E-state index contributed by atoms with van der Waals surface area (Å²) in [4.78, 5) is 92.1. The molecule has 0 radical (unpaired) electrons. The number of carbonyl (C=O) groups is 6. The molecule has 1 saturated carbocycles. The lowest BCUT2D eigenvalue weighted by atomic mass is 9.62. The topological polar surface area (TPSA) is 206 Å². The molecule has 2 amide bonds. The van der Waals surface area contributed by atoms with Crippen LogP contribution in [-0.2, 0) is 75.0 Å². The van der Waals surface area contributed by atoms with E-state index in [0.29, 0.717) is 24.0 Å². The summed E-state index contributed by atoms with van der Waals surface area (Å²) in [6.45, 7) is 12.7. The molecule has 2 N–H and O–H groups in total. The average molecular weight is 1000 g/mol. The molecule has 9 atom stereocenters. The molecule has 4 saturated heterocycles. The summed E-state index contributed by atoms with van der Waals surface area (Å²) >= 11 is 0.